The fourth-order valence-electron chi connectivity index (χ4n) is 2.29. The molecule has 0 spiro atoms. The normalized spacial score (nSPS) is 28.1. The Balaban J connectivity index is 2.32. The van der Waals surface area contributed by atoms with E-state index in [1.54, 1.807) is 0 Å². The van der Waals surface area contributed by atoms with Crippen LogP contribution in [-0.4, -0.2) is 11.0 Å². The van der Waals surface area contributed by atoms with Crippen LogP contribution < -0.4 is 0 Å². The number of thioether (sulfide) groups is 2. The van der Waals surface area contributed by atoms with Crippen molar-refractivity contribution in [1.82, 2.24) is 0 Å². The first-order valence-corrected chi connectivity index (χ1v) is 9.25. The molecular formula is C16H21BrS2. The second kappa shape index (κ2) is 5.87. The SMILES string of the molecule is C=CC1(c2ccc(Br)cc2)SCCC(C(C)(C)C)S1. The molecule has 19 heavy (non-hydrogen) atoms. The van der Waals surface area contributed by atoms with Crippen molar-refractivity contribution >= 4 is 39.5 Å². The van der Waals surface area contributed by atoms with Crippen LogP contribution in [0.1, 0.15) is 32.8 Å². The van der Waals surface area contributed by atoms with E-state index in [0.29, 0.717) is 10.7 Å². The molecule has 1 heterocycles. The van der Waals surface area contributed by atoms with Gasteiger partial charge in [-0.2, -0.15) is 0 Å². The van der Waals surface area contributed by atoms with E-state index in [1.165, 1.54) is 17.7 Å². The lowest BCUT2D eigenvalue weighted by molar-refractivity contribution is 0.386. The Morgan fingerprint density at radius 1 is 1.32 bits per heavy atom. The molecule has 0 N–H and O–H groups in total. The zero-order valence-corrected chi connectivity index (χ0v) is 15.0. The lowest BCUT2D eigenvalue weighted by Crippen LogP contribution is -2.33. The maximum Gasteiger partial charge on any atom is 0.104 e. The highest BCUT2D eigenvalue weighted by Crippen LogP contribution is 2.57. The summed E-state index contributed by atoms with van der Waals surface area (Å²) >= 11 is 7.61. The van der Waals surface area contributed by atoms with Gasteiger partial charge in [0.05, 0.1) is 0 Å². The van der Waals surface area contributed by atoms with Crippen molar-refractivity contribution in [2.75, 3.05) is 5.75 Å². The minimum Gasteiger partial charge on any atom is -0.135 e. The molecule has 2 atom stereocenters. The maximum absolute atomic E-state index is 4.12. The van der Waals surface area contributed by atoms with Gasteiger partial charge < -0.3 is 0 Å². The van der Waals surface area contributed by atoms with E-state index in [2.05, 4.69) is 85.4 Å². The predicted octanol–water partition coefficient (Wildman–Crippen LogP) is 6.07. The molecule has 0 radical (unpaired) electrons. The minimum absolute atomic E-state index is 0.0108. The van der Waals surface area contributed by atoms with E-state index in [-0.39, 0.29) is 4.08 Å². The summed E-state index contributed by atoms with van der Waals surface area (Å²) in [5, 5.41) is 0.676. The Hall–Kier alpha value is 0.140. The summed E-state index contributed by atoms with van der Waals surface area (Å²) in [6, 6.07) is 8.69. The van der Waals surface area contributed by atoms with Crippen molar-refractivity contribution in [3.05, 3.63) is 47.0 Å². The van der Waals surface area contributed by atoms with Crippen LogP contribution in [0, 0.1) is 5.41 Å². The molecule has 0 amide bonds. The lowest BCUT2D eigenvalue weighted by atomic mass is 9.90. The third-order valence-electron chi connectivity index (χ3n) is 3.50. The quantitative estimate of drug-likeness (QED) is 0.589. The molecular weight excluding hydrogens is 336 g/mol. The maximum atomic E-state index is 4.12. The number of benzene rings is 1. The van der Waals surface area contributed by atoms with Gasteiger partial charge in [0.1, 0.15) is 4.08 Å². The third-order valence-corrected chi connectivity index (χ3v) is 7.92. The van der Waals surface area contributed by atoms with Crippen molar-refractivity contribution in [3.8, 4) is 0 Å². The summed E-state index contributed by atoms with van der Waals surface area (Å²) in [7, 11) is 0. The Morgan fingerprint density at radius 3 is 2.47 bits per heavy atom. The van der Waals surface area contributed by atoms with Crippen molar-refractivity contribution in [2.24, 2.45) is 5.41 Å². The van der Waals surface area contributed by atoms with E-state index < -0.39 is 0 Å². The van der Waals surface area contributed by atoms with Gasteiger partial charge in [0.2, 0.25) is 0 Å². The number of halogens is 1. The first-order chi connectivity index (χ1) is 8.87. The molecule has 2 rings (SSSR count). The van der Waals surface area contributed by atoms with Gasteiger partial charge in [0.15, 0.2) is 0 Å². The molecule has 1 aromatic carbocycles. The van der Waals surface area contributed by atoms with Crippen LogP contribution in [0.25, 0.3) is 0 Å². The van der Waals surface area contributed by atoms with Crippen LogP contribution in [0.4, 0.5) is 0 Å². The molecule has 3 heteroatoms. The van der Waals surface area contributed by atoms with Gasteiger partial charge in [0.25, 0.3) is 0 Å². The topological polar surface area (TPSA) is 0 Å². The van der Waals surface area contributed by atoms with Crippen LogP contribution in [0.5, 0.6) is 0 Å². The molecule has 104 valence electrons. The molecule has 0 aromatic heterocycles. The highest BCUT2D eigenvalue weighted by molar-refractivity contribution is 9.10. The molecule has 1 aliphatic heterocycles. The summed E-state index contributed by atoms with van der Waals surface area (Å²) in [5.74, 6) is 1.21. The van der Waals surface area contributed by atoms with E-state index in [1.807, 2.05) is 11.8 Å². The Bertz CT molecular complexity index is 447. The number of hydrogen-bond acceptors (Lipinski definition) is 2. The van der Waals surface area contributed by atoms with Gasteiger partial charge >= 0.3 is 0 Å². The van der Waals surface area contributed by atoms with Gasteiger partial charge in [-0.3, -0.25) is 0 Å². The minimum atomic E-state index is 0.0108. The molecule has 1 fully saturated rings. The van der Waals surface area contributed by atoms with Crippen LogP contribution in [0.3, 0.4) is 0 Å². The van der Waals surface area contributed by atoms with Crippen LogP contribution in [0.15, 0.2) is 41.4 Å². The highest BCUT2D eigenvalue weighted by atomic mass is 79.9. The van der Waals surface area contributed by atoms with Gasteiger partial charge in [-0.15, -0.1) is 30.1 Å². The molecule has 2 unspecified atom stereocenters. The van der Waals surface area contributed by atoms with Gasteiger partial charge in [0, 0.05) is 9.72 Å². The van der Waals surface area contributed by atoms with E-state index in [4.69, 9.17) is 0 Å². The first-order valence-electron chi connectivity index (χ1n) is 6.59. The summed E-state index contributed by atoms with van der Waals surface area (Å²) in [6.45, 7) is 11.1. The largest absolute Gasteiger partial charge is 0.135 e. The molecule has 1 saturated heterocycles. The zero-order chi connectivity index (χ0) is 14.1. The highest BCUT2D eigenvalue weighted by Gasteiger charge is 2.40. The molecule has 0 bridgehead atoms. The fourth-order valence-corrected chi connectivity index (χ4v) is 6.03. The number of rotatable bonds is 2. The predicted molar refractivity (Wildman–Crippen MR) is 93.9 cm³/mol. The smallest absolute Gasteiger partial charge is 0.104 e. The monoisotopic (exact) mass is 356 g/mol. The Morgan fingerprint density at radius 2 is 1.95 bits per heavy atom. The second-order valence-electron chi connectivity index (χ2n) is 5.99. The van der Waals surface area contributed by atoms with Crippen LogP contribution in [-0.2, 0) is 4.08 Å². The molecule has 1 aromatic rings. The average molecular weight is 357 g/mol. The van der Waals surface area contributed by atoms with E-state index in [0.717, 1.165) is 4.47 Å². The van der Waals surface area contributed by atoms with Crippen molar-refractivity contribution < 1.29 is 0 Å². The molecule has 0 nitrogen and oxygen atoms in total. The van der Waals surface area contributed by atoms with E-state index >= 15 is 0 Å². The Labute approximate surface area is 133 Å². The average Bonchev–Trinajstić information content (AvgIpc) is 2.38. The molecule has 1 aliphatic rings. The van der Waals surface area contributed by atoms with E-state index in [9.17, 15) is 0 Å². The lowest BCUT2D eigenvalue weighted by Gasteiger charge is -2.43. The zero-order valence-electron chi connectivity index (χ0n) is 11.8. The van der Waals surface area contributed by atoms with Crippen LogP contribution >= 0.6 is 39.5 Å². The van der Waals surface area contributed by atoms with Crippen molar-refractivity contribution in [1.29, 1.82) is 0 Å². The fraction of sp³-hybridized carbons (Fsp3) is 0.500. The Kier molecular flexibility index (Phi) is 4.79. The van der Waals surface area contributed by atoms with Gasteiger partial charge in [-0.05, 0) is 35.3 Å². The summed E-state index contributed by atoms with van der Waals surface area (Å²) in [5.41, 5.74) is 1.70. The molecule has 0 aliphatic carbocycles. The van der Waals surface area contributed by atoms with Crippen molar-refractivity contribution in [3.63, 3.8) is 0 Å². The summed E-state index contributed by atoms with van der Waals surface area (Å²) in [4.78, 5) is 0. The van der Waals surface area contributed by atoms with Gasteiger partial charge in [-0.1, -0.05) is 54.9 Å². The number of hydrogen-bond donors (Lipinski definition) is 0. The second-order valence-corrected chi connectivity index (χ2v) is 9.95. The summed E-state index contributed by atoms with van der Waals surface area (Å²) < 4.78 is 1.14. The summed E-state index contributed by atoms with van der Waals surface area (Å²) in [6.07, 6.45) is 3.41. The van der Waals surface area contributed by atoms with Gasteiger partial charge in [-0.25, -0.2) is 0 Å². The first kappa shape index (κ1) is 15.5. The standard InChI is InChI=1S/C16H21BrS2/c1-5-16(12-6-8-13(17)9-7-12)18-11-10-14(19-16)15(2,3)4/h5-9,14H,1,10-11H2,2-4H3. The van der Waals surface area contributed by atoms with Crippen LogP contribution in [0.2, 0.25) is 0 Å². The van der Waals surface area contributed by atoms with Crippen molar-refractivity contribution in [2.45, 2.75) is 36.5 Å². The molecule has 0 saturated carbocycles. The third kappa shape index (κ3) is 3.43.